The zero-order valence-electron chi connectivity index (χ0n) is 11.5. The molecule has 2 rings (SSSR count). The van der Waals surface area contributed by atoms with Crippen molar-refractivity contribution in [1.29, 1.82) is 0 Å². The normalized spacial score (nSPS) is 24.6. The smallest absolute Gasteiger partial charge is 0.127 e. The van der Waals surface area contributed by atoms with Gasteiger partial charge in [0.25, 0.3) is 0 Å². The maximum absolute atomic E-state index is 13.9. The summed E-state index contributed by atoms with van der Waals surface area (Å²) in [7, 11) is 0. The summed E-state index contributed by atoms with van der Waals surface area (Å²) in [6.45, 7) is 5.28. The first-order chi connectivity index (χ1) is 9.07. The summed E-state index contributed by atoms with van der Waals surface area (Å²) in [6.07, 6.45) is 3.08. The summed E-state index contributed by atoms with van der Waals surface area (Å²) in [5.74, 6) is 1.01. The average Bonchev–Trinajstić information content (AvgIpc) is 2.81. The van der Waals surface area contributed by atoms with Gasteiger partial charge in [-0.3, -0.25) is 0 Å². The van der Waals surface area contributed by atoms with Crippen molar-refractivity contribution < 1.29 is 4.39 Å². The molecule has 1 heterocycles. The quantitative estimate of drug-likeness (QED) is 0.871. The number of rotatable bonds is 5. The van der Waals surface area contributed by atoms with Gasteiger partial charge in [-0.1, -0.05) is 24.6 Å². The summed E-state index contributed by atoms with van der Waals surface area (Å²) < 4.78 is 14.1. The Kier molecular flexibility index (Phi) is 5.15. The van der Waals surface area contributed by atoms with Crippen LogP contribution in [0.15, 0.2) is 18.2 Å². The second-order valence-corrected chi connectivity index (χ2v) is 7.32. The van der Waals surface area contributed by atoms with Crippen LogP contribution in [0, 0.1) is 5.82 Å². The molecule has 2 atom stereocenters. The Morgan fingerprint density at radius 1 is 1.53 bits per heavy atom. The molecule has 1 N–H and O–H groups in total. The molecule has 1 saturated heterocycles. The van der Waals surface area contributed by atoms with Gasteiger partial charge in [0.05, 0.1) is 0 Å². The molecule has 0 radical (unpaired) electrons. The highest BCUT2D eigenvalue weighted by Crippen LogP contribution is 2.42. The van der Waals surface area contributed by atoms with E-state index in [0.717, 1.165) is 6.54 Å². The molecule has 1 aromatic rings. The van der Waals surface area contributed by atoms with E-state index < -0.39 is 0 Å². The fourth-order valence-electron chi connectivity index (χ4n) is 2.76. The lowest BCUT2D eigenvalue weighted by Gasteiger charge is -2.34. The van der Waals surface area contributed by atoms with Gasteiger partial charge in [0.15, 0.2) is 0 Å². The van der Waals surface area contributed by atoms with Crippen molar-refractivity contribution in [2.24, 2.45) is 0 Å². The van der Waals surface area contributed by atoms with E-state index >= 15 is 0 Å². The molecular weight excluding hydrogens is 281 g/mol. The van der Waals surface area contributed by atoms with E-state index in [1.807, 2.05) is 11.8 Å². The molecule has 1 aliphatic heterocycles. The Balaban J connectivity index is 2.21. The van der Waals surface area contributed by atoms with Crippen LogP contribution in [-0.2, 0) is 6.42 Å². The Bertz CT molecular complexity index is 412. The van der Waals surface area contributed by atoms with Gasteiger partial charge in [0.1, 0.15) is 5.82 Å². The topological polar surface area (TPSA) is 12.0 Å². The minimum absolute atomic E-state index is 0.182. The molecule has 2 unspecified atom stereocenters. The number of benzene rings is 1. The maximum Gasteiger partial charge on any atom is 0.127 e. The lowest BCUT2D eigenvalue weighted by molar-refractivity contribution is 0.401. The van der Waals surface area contributed by atoms with Crippen molar-refractivity contribution in [3.05, 3.63) is 34.6 Å². The van der Waals surface area contributed by atoms with Crippen LogP contribution < -0.4 is 5.32 Å². The van der Waals surface area contributed by atoms with E-state index in [4.69, 9.17) is 11.6 Å². The van der Waals surface area contributed by atoms with Crippen LogP contribution in [0.2, 0.25) is 5.02 Å². The van der Waals surface area contributed by atoms with Crippen LogP contribution in [0.3, 0.4) is 0 Å². The fourth-order valence-corrected chi connectivity index (χ4v) is 4.41. The van der Waals surface area contributed by atoms with Crippen LogP contribution in [-0.4, -0.2) is 23.1 Å². The van der Waals surface area contributed by atoms with Crippen molar-refractivity contribution in [1.82, 2.24) is 5.32 Å². The van der Waals surface area contributed by atoms with Gasteiger partial charge in [-0.05, 0) is 50.6 Å². The monoisotopic (exact) mass is 301 g/mol. The van der Waals surface area contributed by atoms with Crippen LogP contribution in [0.4, 0.5) is 4.39 Å². The van der Waals surface area contributed by atoms with E-state index in [9.17, 15) is 4.39 Å². The Labute approximate surface area is 124 Å². The van der Waals surface area contributed by atoms with Crippen LogP contribution >= 0.6 is 23.4 Å². The van der Waals surface area contributed by atoms with Crippen molar-refractivity contribution >= 4 is 23.4 Å². The van der Waals surface area contributed by atoms with Crippen molar-refractivity contribution in [2.45, 2.75) is 43.9 Å². The minimum Gasteiger partial charge on any atom is -0.313 e. The van der Waals surface area contributed by atoms with Gasteiger partial charge in [0, 0.05) is 21.4 Å². The molecule has 0 aromatic heterocycles. The van der Waals surface area contributed by atoms with Gasteiger partial charge in [0.2, 0.25) is 0 Å². The fraction of sp³-hybridized carbons (Fsp3) is 0.600. The summed E-state index contributed by atoms with van der Waals surface area (Å²) in [4.78, 5) is 0. The van der Waals surface area contributed by atoms with Gasteiger partial charge >= 0.3 is 0 Å². The Morgan fingerprint density at radius 2 is 2.32 bits per heavy atom. The van der Waals surface area contributed by atoms with Gasteiger partial charge in [-0.15, -0.1) is 0 Å². The van der Waals surface area contributed by atoms with Gasteiger partial charge in [-0.2, -0.15) is 11.8 Å². The van der Waals surface area contributed by atoms with E-state index in [1.54, 1.807) is 12.1 Å². The van der Waals surface area contributed by atoms with Crippen molar-refractivity contribution in [3.8, 4) is 0 Å². The first-order valence-electron chi connectivity index (χ1n) is 6.87. The molecule has 1 nitrogen and oxygen atoms in total. The third kappa shape index (κ3) is 3.45. The molecule has 1 aromatic carbocycles. The third-order valence-corrected chi connectivity index (χ3v) is 5.90. The van der Waals surface area contributed by atoms with E-state index in [-0.39, 0.29) is 16.6 Å². The molecule has 0 aliphatic carbocycles. The van der Waals surface area contributed by atoms with Gasteiger partial charge < -0.3 is 5.32 Å². The van der Waals surface area contributed by atoms with E-state index in [0.29, 0.717) is 17.0 Å². The van der Waals surface area contributed by atoms with Crippen LogP contribution in [0.1, 0.15) is 32.3 Å². The SMILES string of the molecule is CCNC(Cc1c(F)cccc1Cl)C1(C)CCCS1. The molecular formula is C15H21ClFNS. The number of nitrogens with one attached hydrogen (secondary N) is 1. The third-order valence-electron chi connectivity index (χ3n) is 3.91. The Morgan fingerprint density at radius 3 is 2.89 bits per heavy atom. The molecule has 106 valence electrons. The van der Waals surface area contributed by atoms with E-state index in [2.05, 4.69) is 19.2 Å². The second-order valence-electron chi connectivity index (χ2n) is 5.28. The summed E-state index contributed by atoms with van der Waals surface area (Å²) >= 11 is 8.15. The molecule has 0 amide bonds. The summed E-state index contributed by atoms with van der Waals surface area (Å²) in [5.41, 5.74) is 0.642. The van der Waals surface area contributed by atoms with Crippen molar-refractivity contribution in [2.75, 3.05) is 12.3 Å². The number of hydrogen-bond acceptors (Lipinski definition) is 2. The number of hydrogen-bond donors (Lipinski definition) is 1. The summed E-state index contributed by atoms with van der Waals surface area (Å²) in [5, 5.41) is 4.06. The molecule has 0 spiro atoms. The Hall–Kier alpha value is -0.250. The second kappa shape index (κ2) is 6.47. The highest BCUT2D eigenvalue weighted by molar-refractivity contribution is 8.00. The van der Waals surface area contributed by atoms with Crippen LogP contribution in [0.25, 0.3) is 0 Å². The van der Waals surface area contributed by atoms with Crippen molar-refractivity contribution in [3.63, 3.8) is 0 Å². The first-order valence-corrected chi connectivity index (χ1v) is 8.23. The highest BCUT2D eigenvalue weighted by atomic mass is 35.5. The largest absolute Gasteiger partial charge is 0.313 e. The molecule has 4 heteroatoms. The number of thioether (sulfide) groups is 1. The molecule has 1 aliphatic rings. The molecule has 19 heavy (non-hydrogen) atoms. The molecule has 0 bridgehead atoms. The zero-order valence-corrected chi connectivity index (χ0v) is 13.1. The average molecular weight is 302 g/mol. The standard InChI is InChI=1S/C15H21ClFNS/c1-3-18-14(15(2)8-5-9-19-15)10-11-12(16)6-4-7-13(11)17/h4,6-7,14,18H,3,5,8-10H2,1-2H3. The highest BCUT2D eigenvalue weighted by Gasteiger charge is 2.37. The lowest BCUT2D eigenvalue weighted by Crippen LogP contribution is -2.46. The predicted molar refractivity (Wildman–Crippen MR) is 82.7 cm³/mol. The van der Waals surface area contributed by atoms with E-state index in [1.165, 1.54) is 24.7 Å². The predicted octanol–water partition coefficient (Wildman–Crippen LogP) is 4.29. The molecule has 0 saturated carbocycles. The number of likely N-dealkylation sites (N-methyl/N-ethyl adjacent to an activating group) is 1. The first kappa shape index (κ1) is 15.1. The number of halogens is 2. The van der Waals surface area contributed by atoms with Gasteiger partial charge in [-0.25, -0.2) is 4.39 Å². The molecule has 1 fully saturated rings. The zero-order chi connectivity index (χ0) is 13.9. The lowest BCUT2D eigenvalue weighted by atomic mass is 9.90. The minimum atomic E-state index is -0.193. The maximum atomic E-state index is 13.9. The van der Waals surface area contributed by atoms with Crippen LogP contribution in [0.5, 0.6) is 0 Å². The summed E-state index contributed by atoms with van der Waals surface area (Å²) in [6, 6.07) is 5.19.